The van der Waals surface area contributed by atoms with Crippen LogP contribution in [0.15, 0.2) is 30.5 Å². The second-order valence-electron chi connectivity index (χ2n) is 2.88. The SMILES string of the molecule is CC.NCc1ccc2ncc(Cl)cc2c1. The summed E-state index contributed by atoms with van der Waals surface area (Å²) in [5.41, 5.74) is 7.57. The summed E-state index contributed by atoms with van der Waals surface area (Å²) in [5, 5.41) is 1.69. The Labute approximate surface area is 95.1 Å². The summed E-state index contributed by atoms with van der Waals surface area (Å²) in [5.74, 6) is 0. The van der Waals surface area contributed by atoms with Crippen LogP contribution in [-0.2, 0) is 6.54 Å². The molecular weight excluding hydrogens is 208 g/mol. The number of nitrogens with zero attached hydrogens (tertiary/aromatic N) is 1. The van der Waals surface area contributed by atoms with Gasteiger partial charge in [-0.05, 0) is 23.8 Å². The summed E-state index contributed by atoms with van der Waals surface area (Å²) >= 11 is 5.82. The van der Waals surface area contributed by atoms with E-state index in [0.717, 1.165) is 16.5 Å². The van der Waals surface area contributed by atoms with E-state index in [9.17, 15) is 0 Å². The molecule has 0 fully saturated rings. The van der Waals surface area contributed by atoms with Gasteiger partial charge in [0.2, 0.25) is 0 Å². The number of nitrogens with two attached hydrogens (primary N) is 1. The van der Waals surface area contributed by atoms with E-state index >= 15 is 0 Å². The number of halogens is 1. The molecule has 0 saturated heterocycles. The van der Waals surface area contributed by atoms with Crippen LogP contribution >= 0.6 is 11.6 Å². The van der Waals surface area contributed by atoms with E-state index in [2.05, 4.69) is 4.98 Å². The van der Waals surface area contributed by atoms with Gasteiger partial charge in [0.1, 0.15) is 0 Å². The molecule has 0 radical (unpaired) electrons. The first-order valence-corrected chi connectivity index (χ1v) is 5.41. The quantitative estimate of drug-likeness (QED) is 0.804. The predicted molar refractivity (Wildman–Crippen MR) is 66.0 cm³/mol. The van der Waals surface area contributed by atoms with Crippen LogP contribution in [-0.4, -0.2) is 4.98 Å². The molecule has 2 rings (SSSR count). The lowest BCUT2D eigenvalue weighted by atomic mass is 10.1. The van der Waals surface area contributed by atoms with Crippen molar-refractivity contribution in [3.8, 4) is 0 Å². The van der Waals surface area contributed by atoms with Crippen molar-refractivity contribution in [2.75, 3.05) is 0 Å². The van der Waals surface area contributed by atoms with Crippen molar-refractivity contribution in [1.82, 2.24) is 4.98 Å². The number of hydrogen-bond donors (Lipinski definition) is 1. The van der Waals surface area contributed by atoms with Crippen molar-refractivity contribution in [3.05, 3.63) is 41.0 Å². The fourth-order valence-corrected chi connectivity index (χ4v) is 1.45. The molecule has 0 aliphatic rings. The van der Waals surface area contributed by atoms with Crippen LogP contribution in [0.3, 0.4) is 0 Å². The lowest BCUT2D eigenvalue weighted by Gasteiger charge is -2.00. The molecule has 0 aliphatic heterocycles. The van der Waals surface area contributed by atoms with Gasteiger partial charge in [-0.15, -0.1) is 0 Å². The van der Waals surface area contributed by atoms with Crippen LogP contribution in [0, 0.1) is 0 Å². The zero-order valence-electron chi connectivity index (χ0n) is 9.00. The number of rotatable bonds is 1. The zero-order chi connectivity index (χ0) is 11.3. The standard InChI is InChI=1S/C10H9ClN2.C2H6/c11-9-4-8-3-7(5-12)1-2-10(8)13-6-9;1-2/h1-4,6H,5,12H2;1-2H3. The van der Waals surface area contributed by atoms with Crippen LogP contribution in [0.1, 0.15) is 19.4 Å². The fourth-order valence-electron chi connectivity index (χ4n) is 1.28. The Kier molecular flexibility index (Phi) is 4.53. The molecule has 0 amide bonds. The van der Waals surface area contributed by atoms with Gasteiger partial charge in [-0.25, -0.2) is 0 Å². The minimum atomic E-state index is 0.544. The Morgan fingerprint density at radius 1 is 1.27 bits per heavy atom. The molecule has 0 spiro atoms. The highest BCUT2D eigenvalue weighted by Crippen LogP contribution is 2.17. The smallest absolute Gasteiger partial charge is 0.0703 e. The monoisotopic (exact) mass is 222 g/mol. The van der Waals surface area contributed by atoms with Gasteiger partial charge in [0.15, 0.2) is 0 Å². The van der Waals surface area contributed by atoms with Crippen molar-refractivity contribution in [1.29, 1.82) is 0 Å². The molecule has 15 heavy (non-hydrogen) atoms. The molecule has 0 atom stereocenters. The first-order valence-electron chi connectivity index (χ1n) is 5.04. The summed E-state index contributed by atoms with van der Waals surface area (Å²) in [7, 11) is 0. The molecule has 1 aromatic heterocycles. The Morgan fingerprint density at radius 2 is 2.00 bits per heavy atom. The minimum absolute atomic E-state index is 0.544. The van der Waals surface area contributed by atoms with Gasteiger partial charge in [-0.1, -0.05) is 31.5 Å². The summed E-state index contributed by atoms with van der Waals surface area (Å²) in [6.07, 6.45) is 1.64. The van der Waals surface area contributed by atoms with Crippen LogP contribution in [0.25, 0.3) is 10.9 Å². The lowest BCUT2D eigenvalue weighted by Crippen LogP contribution is -1.95. The van der Waals surface area contributed by atoms with Gasteiger partial charge < -0.3 is 5.73 Å². The van der Waals surface area contributed by atoms with Crippen molar-refractivity contribution in [3.63, 3.8) is 0 Å². The average Bonchev–Trinajstić information content (AvgIpc) is 2.30. The maximum Gasteiger partial charge on any atom is 0.0703 e. The first-order chi connectivity index (χ1) is 7.29. The van der Waals surface area contributed by atoms with Crippen LogP contribution in [0.5, 0.6) is 0 Å². The molecule has 0 saturated carbocycles. The molecule has 1 aromatic carbocycles. The zero-order valence-corrected chi connectivity index (χ0v) is 9.75. The first kappa shape index (κ1) is 12.0. The molecule has 2 aromatic rings. The average molecular weight is 223 g/mol. The summed E-state index contributed by atoms with van der Waals surface area (Å²) in [6, 6.07) is 7.83. The van der Waals surface area contributed by atoms with Crippen LogP contribution in [0.2, 0.25) is 5.02 Å². The summed E-state index contributed by atoms with van der Waals surface area (Å²) < 4.78 is 0. The van der Waals surface area contributed by atoms with Gasteiger partial charge in [0, 0.05) is 18.1 Å². The highest BCUT2D eigenvalue weighted by atomic mass is 35.5. The Balaban J connectivity index is 0.000000531. The second-order valence-corrected chi connectivity index (χ2v) is 3.32. The van der Waals surface area contributed by atoms with E-state index in [1.165, 1.54) is 0 Å². The van der Waals surface area contributed by atoms with Crippen molar-refractivity contribution in [2.24, 2.45) is 5.73 Å². The van der Waals surface area contributed by atoms with Crippen molar-refractivity contribution < 1.29 is 0 Å². The number of hydrogen-bond acceptors (Lipinski definition) is 2. The van der Waals surface area contributed by atoms with Crippen LogP contribution in [0.4, 0.5) is 0 Å². The molecular formula is C12H15ClN2. The Bertz CT molecular complexity index is 441. The van der Waals surface area contributed by atoms with Gasteiger partial charge in [0.25, 0.3) is 0 Å². The predicted octanol–water partition coefficient (Wildman–Crippen LogP) is 3.37. The molecule has 0 unspecified atom stereocenters. The molecule has 3 heteroatoms. The van der Waals surface area contributed by atoms with E-state index in [-0.39, 0.29) is 0 Å². The molecule has 0 aliphatic carbocycles. The van der Waals surface area contributed by atoms with Crippen molar-refractivity contribution in [2.45, 2.75) is 20.4 Å². The third-order valence-corrected chi connectivity index (χ3v) is 2.15. The maximum atomic E-state index is 5.82. The minimum Gasteiger partial charge on any atom is -0.326 e. The van der Waals surface area contributed by atoms with Gasteiger partial charge in [0.05, 0.1) is 10.5 Å². The van der Waals surface area contributed by atoms with Gasteiger partial charge in [-0.2, -0.15) is 0 Å². The molecule has 1 heterocycles. The van der Waals surface area contributed by atoms with E-state index < -0.39 is 0 Å². The largest absolute Gasteiger partial charge is 0.326 e. The van der Waals surface area contributed by atoms with E-state index in [1.54, 1.807) is 6.20 Å². The number of fused-ring (bicyclic) bond motifs is 1. The number of benzene rings is 1. The highest BCUT2D eigenvalue weighted by molar-refractivity contribution is 6.31. The normalized spacial score (nSPS) is 9.60. The van der Waals surface area contributed by atoms with E-state index in [1.807, 2.05) is 38.1 Å². The molecule has 0 bridgehead atoms. The van der Waals surface area contributed by atoms with Crippen molar-refractivity contribution >= 4 is 22.5 Å². The molecule has 2 nitrogen and oxygen atoms in total. The third kappa shape index (κ3) is 2.91. The van der Waals surface area contributed by atoms with E-state index in [0.29, 0.717) is 11.6 Å². The van der Waals surface area contributed by atoms with Gasteiger partial charge >= 0.3 is 0 Å². The maximum absolute atomic E-state index is 5.82. The highest BCUT2D eigenvalue weighted by Gasteiger charge is 1.96. The third-order valence-electron chi connectivity index (χ3n) is 1.95. The number of pyridine rings is 1. The summed E-state index contributed by atoms with van der Waals surface area (Å²) in [4.78, 5) is 4.18. The molecule has 2 N–H and O–H groups in total. The summed E-state index contributed by atoms with van der Waals surface area (Å²) in [6.45, 7) is 4.54. The van der Waals surface area contributed by atoms with Crippen LogP contribution < -0.4 is 5.73 Å². The second kappa shape index (κ2) is 5.69. The van der Waals surface area contributed by atoms with E-state index in [4.69, 9.17) is 17.3 Å². The Hall–Kier alpha value is -1.12. The fraction of sp³-hybridized carbons (Fsp3) is 0.250. The van der Waals surface area contributed by atoms with Gasteiger partial charge in [-0.3, -0.25) is 4.98 Å². The Morgan fingerprint density at radius 3 is 2.67 bits per heavy atom. The number of aromatic nitrogens is 1. The lowest BCUT2D eigenvalue weighted by molar-refractivity contribution is 1.07. The topological polar surface area (TPSA) is 38.9 Å². The molecule has 80 valence electrons.